The van der Waals surface area contributed by atoms with Gasteiger partial charge in [0.2, 0.25) is 0 Å². The van der Waals surface area contributed by atoms with Crippen LogP contribution in [0.3, 0.4) is 0 Å². The fourth-order valence-electron chi connectivity index (χ4n) is 3.09. The highest BCUT2D eigenvalue weighted by atomic mass is 16.1. The van der Waals surface area contributed by atoms with E-state index in [0.717, 1.165) is 32.2 Å². The molecule has 1 saturated carbocycles. The molecule has 2 nitrogen and oxygen atoms in total. The van der Waals surface area contributed by atoms with Crippen LogP contribution >= 0.6 is 0 Å². The van der Waals surface area contributed by atoms with E-state index >= 15 is 0 Å². The van der Waals surface area contributed by atoms with E-state index in [1.807, 2.05) is 0 Å². The zero-order chi connectivity index (χ0) is 13.9. The van der Waals surface area contributed by atoms with E-state index < -0.39 is 0 Å². The average Bonchev–Trinajstić information content (AvgIpc) is 2.49. The Morgan fingerprint density at radius 1 is 1.05 bits per heavy atom. The van der Waals surface area contributed by atoms with Crippen molar-refractivity contribution in [2.24, 2.45) is 5.92 Å². The molecule has 0 N–H and O–H groups in total. The summed E-state index contributed by atoms with van der Waals surface area (Å²) in [6.45, 7) is 1.05. The van der Waals surface area contributed by atoms with Crippen molar-refractivity contribution in [3.8, 4) is 0 Å². The minimum atomic E-state index is 0.439. The lowest BCUT2D eigenvalue weighted by Crippen LogP contribution is -2.28. The lowest BCUT2D eigenvalue weighted by atomic mass is 9.88. The van der Waals surface area contributed by atoms with Crippen LogP contribution in [0, 0.1) is 5.92 Å². The van der Waals surface area contributed by atoms with Crippen LogP contribution in [-0.2, 0) is 4.79 Å². The van der Waals surface area contributed by atoms with Gasteiger partial charge in [0.15, 0.2) is 0 Å². The number of hydrogen-bond donors (Lipinski definition) is 0. The average molecular weight is 267 g/mol. The number of carbonyl (C=O) groups excluding carboxylic acids is 1. The Morgan fingerprint density at radius 3 is 2.50 bits per heavy atom. The highest BCUT2D eigenvalue weighted by Gasteiger charge is 2.20. The van der Waals surface area contributed by atoms with E-state index in [-0.39, 0.29) is 0 Å². The van der Waals surface area contributed by atoms with Crippen molar-refractivity contribution < 1.29 is 4.79 Å². The fourth-order valence-corrected chi connectivity index (χ4v) is 3.09. The van der Waals surface area contributed by atoms with Gasteiger partial charge in [0.25, 0.3) is 0 Å². The van der Waals surface area contributed by atoms with Gasteiger partial charge in [-0.1, -0.05) is 30.3 Å². The van der Waals surface area contributed by atoms with Crippen LogP contribution in [0.4, 0.5) is 5.69 Å². The van der Waals surface area contributed by atoms with E-state index in [2.05, 4.69) is 54.4 Å². The number of nitrogens with zero attached hydrogens (tertiary/aromatic N) is 1. The molecule has 3 rings (SSSR count). The highest BCUT2D eigenvalue weighted by molar-refractivity contribution is 5.85. The number of fused-ring (bicyclic) bond motifs is 1. The predicted octanol–water partition coefficient (Wildman–Crippen LogP) is 4.04. The maximum atomic E-state index is 11.3. The molecule has 1 aliphatic carbocycles. The van der Waals surface area contributed by atoms with Crippen molar-refractivity contribution in [2.75, 3.05) is 18.5 Å². The van der Waals surface area contributed by atoms with Crippen LogP contribution in [0.1, 0.15) is 25.7 Å². The van der Waals surface area contributed by atoms with E-state index in [9.17, 15) is 4.79 Å². The molecule has 0 amide bonds. The minimum absolute atomic E-state index is 0.439. The number of benzene rings is 2. The summed E-state index contributed by atoms with van der Waals surface area (Å²) in [5, 5.41) is 2.57. The molecule has 0 aliphatic heterocycles. The van der Waals surface area contributed by atoms with Crippen molar-refractivity contribution in [1.29, 1.82) is 0 Å². The van der Waals surface area contributed by atoms with Gasteiger partial charge >= 0.3 is 0 Å². The molecule has 0 unspecified atom stereocenters. The molecule has 20 heavy (non-hydrogen) atoms. The maximum Gasteiger partial charge on any atom is 0.132 e. The summed E-state index contributed by atoms with van der Waals surface area (Å²) in [6.07, 6.45) is 3.65. The first-order valence-corrected chi connectivity index (χ1v) is 7.44. The van der Waals surface area contributed by atoms with Gasteiger partial charge in [-0.15, -0.1) is 0 Å². The lowest BCUT2D eigenvalue weighted by Gasteiger charge is -2.28. The minimum Gasteiger partial charge on any atom is -0.374 e. The van der Waals surface area contributed by atoms with E-state index in [1.165, 1.54) is 16.5 Å². The Balaban J connectivity index is 1.71. The Labute approximate surface area is 120 Å². The molecule has 0 bridgehead atoms. The van der Waals surface area contributed by atoms with Crippen LogP contribution < -0.4 is 4.90 Å². The van der Waals surface area contributed by atoms with Crippen molar-refractivity contribution >= 4 is 22.2 Å². The molecular weight excluding hydrogens is 246 g/mol. The number of hydrogen-bond acceptors (Lipinski definition) is 2. The zero-order valence-electron chi connectivity index (χ0n) is 12.0. The first-order chi connectivity index (χ1) is 9.72. The largest absolute Gasteiger partial charge is 0.374 e. The molecule has 0 heterocycles. The molecule has 1 aliphatic rings. The number of ketones is 1. The SMILES string of the molecule is CN(CC1CCC(=O)CC1)c1ccc2ccccc2c1. The summed E-state index contributed by atoms with van der Waals surface area (Å²) < 4.78 is 0. The van der Waals surface area contributed by atoms with Gasteiger partial charge in [0.05, 0.1) is 0 Å². The zero-order valence-corrected chi connectivity index (χ0v) is 12.0. The topological polar surface area (TPSA) is 20.3 Å². The van der Waals surface area contributed by atoms with Crippen molar-refractivity contribution in [1.82, 2.24) is 0 Å². The second kappa shape index (κ2) is 5.66. The van der Waals surface area contributed by atoms with Gasteiger partial charge in [0.1, 0.15) is 5.78 Å². The maximum absolute atomic E-state index is 11.3. The lowest BCUT2D eigenvalue weighted by molar-refractivity contribution is -0.120. The standard InChI is InChI=1S/C18H21NO/c1-19(13-14-6-10-18(20)11-7-14)17-9-8-15-4-2-3-5-16(15)12-17/h2-5,8-9,12,14H,6-7,10-11,13H2,1H3. The molecule has 0 spiro atoms. The Hall–Kier alpha value is -1.83. The molecule has 0 radical (unpaired) electrons. The Morgan fingerprint density at radius 2 is 1.75 bits per heavy atom. The number of Topliss-reactive ketones (excluding diaryl/α,β-unsaturated/α-hetero) is 1. The van der Waals surface area contributed by atoms with Gasteiger partial charge in [-0.25, -0.2) is 0 Å². The number of anilines is 1. The molecule has 2 heteroatoms. The van der Waals surface area contributed by atoms with Crippen molar-refractivity contribution in [3.63, 3.8) is 0 Å². The normalized spacial score (nSPS) is 16.6. The second-order valence-electron chi connectivity index (χ2n) is 5.89. The third kappa shape index (κ3) is 2.84. The van der Waals surface area contributed by atoms with Crippen molar-refractivity contribution in [3.05, 3.63) is 42.5 Å². The third-order valence-corrected chi connectivity index (χ3v) is 4.37. The summed E-state index contributed by atoms with van der Waals surface area (Å²) in [5.74, 6) is 1.10. The van der Waals surface area contributed by atoms with Crippen LogP contribution in [0.2, 0.25) is 0 Å². The first kappa shape index (κ1) is 13.2. The van der Waals surface area contributed by atoms with Gasteiger partial charge in [-0.3, -0.25) is 4.79 Å². The van der Waals surface area contributed by atoms with Crippen LogP contribution in [0.15, 0.2) is 42.5 Å². The summed E-state index contributed by atoms with van der Waals surface area (Å²) in [5.41, 5.74) is 1.26. The summed E-state index contributed by atoms with van der Waals surface area (Å²) >= 11 is 0. The quantitative estimate of drug-likeness (QED) is 0.836. The fraction of sp³-hybridized carbons (Fsp3) is 0.389. The monoisotopic (exact) mass is 267 g/mol. The Bertz CT molecular complexity index is 610. The van der Waals surface area contributed by atoms with Gasteiger partial charge in [-0.2, -0.15) is 0 Å². The smallest absolute Gasteiger partial charge is 0.132 e. The molecule has 0 atom stereocenters. The summed E-state index contributed by atoms with van der Waals surface area (Å²) in [6, 6.07) is 15.1. The number of rotatable bonds is 3. The first-order valence-electron chi connectivity index (χ1n) is 7.44. The predicted molar refractivity (Wildman–Crippen MR) is 84.2 cm³/mol. The molecule has 104 valence electrons. The van der Waals surface area contributed by atoms with Crippen molar-refractivity contribution in [2.45, 2.75) is 25.7 Å². The van der Waals surface area contributed by atoms with E-state index in [4.69, 9.17) is 0 Å². The second-order valence-corrected chi connectivity index (χ2v) is 5.89. The molecular formula is C18H21NO. The van der Waals surface area contributed by atoms with Crippen LogP contribution in [0.25, 0.3) is 10.8 Å². The van der Waals surface area contributed by atoms with Gasteiger partial charge in [-0.05, 0) is 41.7 Å². The van der Waals surface area contributed by atoms with Gasteiger partial charge in [0, 0.05) is 32.1 Å². The molecule has 0 saturated heterocycles. The van der Waals surface area contributed by atoms with E-state index in [1.54, 1.807) is 0 Å². The highest BCUT2D eigenvalue weighted by Crippen LogP contribution is 2.26. The number of carbonyl (C=O) groups is 1. The molecule has 2 aromatic rings. The Kier molecular flexibility index (Phi) is 3.72. The molecule has 2 aromatic carbocycles. The molecule has 1 fully saturated rings. The summed E-state index contributed by atoms with van der Waals surface area (Å²) in [7, 11) is 2.15. The van der Waals surface area contributed by atoms with Gasteiger partial charge < -0.3 is 4.90 Å². The molecule has 0 aromatic heterocycles. The van der Waals surface area contributed by atoms with Crippen LogP contribution in [0.5, 0.6) is 0 Å². The van der Waals surface area contributed by atoms with Crippen LogP contribution in [-0.4, -0.2) is 19.4 Å². The third-order valence-electron chi connectivity index (χ3n) is 4.37. The van der Waals surface area contributed by atoms with E-state index in [0.29, 0.717) is 11.7 Å². The summed E-state index contributed by atoms with van der Waals surface area (Å²) in [4.78, 5) is 13.6.